The Balaban J connectivity index is 1.54. The highest BCUT2D eigenvalue weighted by molar-refractivity contribution is 6.10. The molecule has 0 heterocycles. The number of hydrogen-bond donors (Lipinski definition) is 3. The fraction of sp³-hybridized carbons (Fsp3) is 0.361. The minimum atomic E-state index is -1.48. The van der Waals surface area contributed by atoms with Crippen molar-refractivity contribution < 1.29 is 20.1 Å². The molecule has 0 spiro atoms. The smallest absolute Gasteiger partial charge is 0.179 e. The number of carbonyl (C=O) groups is 1. The van der Waals surface area contributed by atoms with E-state index in [9.17, 15) is 20.1 Å². The van der Waals surface area contributed by atoms with Crippen LogP contribution in [-0.4, -0.2) is 26.7 Å². The van der Waals surface area contributed by atoms with Crippen LogP contribution in [-0.2, 0) is 24.1 Å². The van der Waals surface area contributed by atoms with Crippen LogP contribution in [0.5, 0.6) is 11.5 Å². The Hall–Kier alpha value is -3.63. The molecule has 5 aliphatic carbocycles. The van der Waals surface area contributed by atoms with E-state index in [1.807, 2.05) is 32.1 Å². The predicted molar refractivity (Wildman–Crippen MR) is 158 cm³/mol. The van der Waals surface area contributed by atoms with Crippen molar-refractivity contribution in [1.82, 2.24) is 0 Å². The number of aliphatic hydroxyl groups is 1. The van der Waals surface area contributed by atoms with Gasteiger partial charge in [-0.2, -0.15) is 0 Å². The first kappa shape index (κ1) is 25.3. The van der Waals surface area contributed by atoms with Crippen LogP contribution in [0.15, 0.2) is 54.6 Å². The fourth-order valence-corrected chi connectivity index (χ4v) is 8.81. The van der Waals surface area contributed by atoms with Crippen molar-refractivity contribution in [2.45, 2.75) is 71.3 Å². The fourth-order valence-electron chi connectivity index (χ4n) is 8.81. The molecule has 3 aromatic carbocycles. The number of fused-ring (bicyclic) bond motifs is 6. The van der Waals surface area contributed by atoms with E-state index in [-0.39, 0.29) is 23.4 Å². The van der Waals surface area contributed by atoms with Crippen LogP contribution in [0.2, 0.25) is 0 Å². The minimum absolute atomic E-state index is 0.179. The van der Waals surface area contributed by atoms with E-state index in [1.54, 1.807) is 19.1 Å². The Morgan fingerprint density at radius 1 is 0.875 bits per heavy atom. The number of benzene rings is 3. The third-order valence-corrected chi connectivity index (χ3v) is 10.7. The van der Waals surface area contributed by atoms with Crippen LogP contribution in [0.3, 0.4) is 0 Å². The van der Waals surface area contributed by atoms with Gasteiger partial charge in [-0.1, -0.05) is 41.5 Å². The van der Waals surface area contributed by atoms with E-state index in [0.29, 0.717) is 12.2 Å². The summed E-state index contributed by atoms with van der Waals surface area (Å²) in [6, 6.07) is 12.0. The highest BCUT2D eigenvalue weighted by atomic mass is 16.3. The van der Waals surface area contributed by atoms with E-state index >= 15 is 0 Å². The highest BCUT2D eigenvalue weighted by Crippen LogP contribution is 2.68. The Bertz CT molecular complexity index is 1700. The zero-order valence-corrected chi connectivity index (χ0v) is 23.7. The maximum absolute atomic E-state index is 14.6. The van der Waals surface area contributed by atoms with Gasteiger partial charge in [0.05, 0.1) is 5.41 Å². The van der Waals surface area contributed by atoms with Crippen LogP contribution in [0, 0.1) is 32.1 Å². The quantitative estimate of drug-likeness (QED) is 0.317. The average molecular weight is 533 g/mol. The van der Waals surface area contributed by atoms with Crippen LogP contribution < -0.4 is 0 Å². The van der Waals surface area contributed by atoms with Crippen molar-refractivity contribution in [2.75, 3.05) is 0 Å². The number of aromatic hydroxyl groups is 2. The topological polar surface area (TPSA) is 77.8 Å². The van der Waals surface area contributed by atoms with Crippen LogP contribution in [0.1, 0.15) is 70.2 Å². The third-order valence-electron chi connectivity index (χ3n) is 10.7. The molecule has 1 saturated carbocycles. The van der Waals surface area contributed by atoms with Gasteiger partial charge in [-0.15, -0.1) is 6.58 Å². The largest absolute Gasteiger partial charge is 0.508 e. The second-order valence-electron chi connectivity index (χ2n) is 12.7. The van der Waals surface area contributed by atoms with Gasteiger partial charge in [-0.25, -0.2) is 0 Å². The number of allylic oxidation sites excluding steroid dienone is 2. The normalized spacial score (nSPS) is 28.1. The Morgan fingerprint density at radius 3 is 2.17 bits per heavy atom. The zero-order valence-electron chi connectivity index (χ0n) is 23.7. The summed E-state index contributed by atoms with van der Waals surface area (Å²) in [6.45, 7) is 12.0. The molecule has 1 fully saturated rings. The van der Waals surface area contributed by atoms with Crippen molar-refractivity contribution in [3.63, 3.8) is 0 Å². The van der Waals surface area contributed by atoms with E-state index < -0.39 is 11.0 Å². The third kappa shape index (κ3) is 2.98. The maximum atomic E-state index is 14.6. The van der Waals surface area contributed by atoms with Crippen molar-refractivity contribution in [3.05, 3.63) is 99.1 Å². The Kier molecular flexibility index (Phi) is 5.20. The number of hydrogen-bond acceptors (Lipinski definition) is 4. The molecule has 2 bridgehead atoms. The van der Waals surface area contributed by atoms with Gasteiger partial charge in [0.15, 0.2) is 5.78 Å². The van der Waals surface area contributed by atoms with Crippen LogP contribution >= 0.6 is 0 Å². The molecule has 204 valence electrons. The van der Waals surface area contributed by atoms with Gasteiger partial charge in [-0.3, -0.25) is 4.79 Å². The number of carbonyl (C=O) groups excluding carboxylic acids is 1. The van der Waals surface area contributed by atoms with Crippen molar-refractivity contribution >= 4 is 11.4 Å². The van der Waals surface area contributed by atoms with Gasteiger partial charge in [0.25, 0.3) is 0 Å². The molecule has 4 unspecified atom stereocenters. The van der Waals surface area contributed by atoms with Crippen molar-refractivity contribution in [3.8, 4) is 22.6 Å². The van der Waals surface area contributed by atoms with Gasteiger partial charge in [0, 0.05) is 11.8 Å². The summed E-state index contributed by atoms with van der Waals surface area (Å²) in [4.78, 5) is 14.6. The van der Waals surface area contributed by atoms with Crippen LogP contribution in [0.25, 0.3) is 16.7 Å². The van der Waals surface area contributed by atoms with E-state index in [2.05, 4.69) is 25.6 Å². The molecule has 5 aliphatic rings. The lowest BCUT2D eigenvalue weighted by Gasteiger charge is -2.59. The number of phenols is 2. The molecule has 3 N–H and O–H groups in total. The molecule has 40 heavy (non-hydrogen) atoms. The minimum Gasteiger partial charge on any atom is -0.508 e. The molecule has 0 amide bonds. The molecular weight excluding hydrogens is 496 g/mol. The summed E-state index contributed by atoms with van der Waals surface area (Å²) in [5.41, 5.74) is 10.5. The summed E-state index contributed by atoms with van der Waals surface area (Å²) in [5, 5.41) is 32.8. The van der Waals surface area contributed by atoms with Gasteiger partial charge < -0.3 is 15.3 Å². The number of aryl methyl sites for hydroxylation is 2. The van der Waals surface area contributed by atoms with E-state index in [1.165, 1.54) is 22.3 Å². The summed E-state index contributed by atoms with van der Waals surface area (Å²) < 4.78 is 0. The number of rotatable bonds is 2. The Morgan fingerprint density at radius 2 is 1.50 bits per heavy atom. The molecule has 4 nitrogen and oxygen atoms in total. The summed E-state index contributed by atoms with van der Waals surface area (Å²) in [6.07, 6.45) is 5.76. The summed E-state index contributed by atoms with van der Waals surface area (Å²) in [7, 11) is 0. The standard InChI is InChI=1S/C36H36O4/c1-6-36-29(27-16-18(2)15-21-7-8-22-19(3)30(37)13-11-24(22)32(21)27)17-28(35(5,40)34(36)39)26-10-9-23-20(4)31(38)14-12-25(23)33(26)36/h6,11-16,28-29,37-38,40H,1,7-10,17H2,2-5H3. The monoisotopic (exact) mass is 532 g/mol. The molecule has 0 saturated heterocycles. The van der Waals surface area contributed by atoms with Crippen molar-refractivity contribution in [1.29, 1.82) is 0 Å². The lowest BCUT2D eigenvalue weighted by atomic mass is 9.44. The van der Waals surface area contributed by atoms with Gasteiger partial charge in [-0.05, 0) is 128 Å². The summed E-state index contributed by atoms with van der Waals surface area (Å²) >= 11 is 0. The molecule has 8 rings (SSSR count). The second-order valence-corrected chi connectivity index (χ2v) is 12.7. The first-order valence-electron chi connectivity index (χ1n) is 14.4. The first-order chi connectivity index (χ1) is 19.0. The maximum Gasteiger partial charge on any atom is 0.179 e. The predicted octanol–water partition coefficient (Wildman–Crippen LogP) is 6.80. The summed E-state index contributed by atoms with van der Waals surface area (Å²) in [5.74, 6) is -0.0789. The van der Waals surface area contributed by atoms with E-state index in [0.717, 1.165) is 70.2 Å². The zero-order chi connectivity index (χ0) is 28.3. The second kappa shape index (κ2) is 8.20. The lowest BCUT2D eigenvalue weighted by molar-refractivity contribution is -0.154. The number of phenolic OH excluding ortho intramolecular Hbond substituents is 2. The van der Waals surface area contributed by atoms with Gasteiger partial charge in [0.2, 0.25) is 0 Å². The van der Waals surface area contributed by atoms with Crippen molar-refractivity contribution in [2.24, 2.45) is 11.3 Å². The molecule has 0 radical (unpaired) electrons. The Labute approximate surface area is 235 Å². The van der Waals surface area contributed by atoms with E-state index in [4.69, 9.17) is 0 Å². The van der Waals surface area contributed by atoms with Gasteiger partial charge >= 0.3 is 0 Å². The molecule has 4 atom stereocenters. The molecule has 0 aromatic heterocycles. The first-order valence-corrected chi connectivity index (χ1v) is 14.4. The number of Topliss-reactive ketones (excluding diaryl/α,β-unsaturated/α-hetero) is 1. The average Bonchev–Trinajstić information content (AvgIpc) is 2.93. The molecular formula is C36H36O4. The highest BCUT2D eigenvalue weighted by Gasteiger charge is 2.66. The van der Waals surface area contributed by atoms with Gasteiger partial charge in [0.1, 0.15) is 17.1 Å². The molecule has 4 heteroatoms. The molecule has 0 aliphatic heterocycles. The van der Waals surface area contributed by atoms with Crippen LogP contribution in [0.4, 0.5) is 0 Å². The SMILES string of the molecule is C=CC12C(=O)C(C)(O)C(CC1c1cc(C)cc3c1-c1ccc(O)c(C)c1CC3)C1=C2c2ccc(O)c(C)c2CC1. The lowest BCUT2D eigenvalue weighted by Crippen LogP contribution is -2.62. The number of ketones is 1. The molecule has 3 aromatic rings.